The van der Waals surface area contributed by atoms with Gasteiger partial charge in [0.2, 0.25) is 0 Å². The molecular weight excluding hydrogens is 584 g/mol. The van der Waals surface area contributed by atoms with Crippen molar-refractivity contribution >= 4 is 27.3 Å². The molecule has 0 atom stereocenters. The van der Waals surface area contributed by atoms with Crippen LogP contribution < -0.4 is 21.2 Å². The molecule has 0 aliphatic carbocycles. The van der Waals surface area contributed by atoms with Gasteiger partial charge in [0.05, 0.1) is 0 Å². The van der Waals surface area contributed by atoms with Crippen LogP contribution in [0.4, 0.5) is 5.69 Å². The molecule has 0 bridgehead atoms. The summed E-state index contributed by atoms with van der Waals surface area (Å²) < 4.78 is 40.6. The highest BCUT2D eigenvalue weighted by Gasteiger charge is 2.22. The second-order valence-electron chi connectivity index (χ2n) is 10.8. The number of fused-ring (bicyclic) bond motifs is 1. The lowest BCUT2D eigenvalue weighted by Gasteiger charge is -2.19. The van der Waals surface area contributed by atoms with Gasteiger partial charge in [-0.15, -0.1) is 0 Å². The molecule has 2 heterocycles. The van der Waals surface area contributed by atoms with Crippen LogP contribution in [0.2, 0.25) is 0 Å². The van der Waals surface area contributed by atoms with E-state index >= 15 is 0 Å². The Morgan fingerprint density at radius 1 is 0.864 bits per heavy atom. The number of hydrogen-bond donors (Lipinski definition) is 2. The smallest absolute Gasteiger partial charge is 0.399 e. The third kappa shape index (κ3) is 8.16. The van der Waals surface area contributed by atoms with Crippen LogP contribution in [0, 0.1) is 0 Å². The van der Waals surface area contributed by atoms with Crippen molar-refractivity contribution in [2.75, 3.05) is 25.4 Å². The number of benzene rings is 2. The molecule has 2 aromatic carbocycles. The van der Waals surface area contributed by atoms with Gasteiger partial charge >= 0.3 is 16.1 Å². The lowest BCUT2D eigenvalue weighted by atomic mass is 10.1. The lowest BCUT2D eigenvalue weighted by Crippen LogP contribution is -2.41. The number of hydrogen-bond acceptors (Lipinski definition) is 8. The van der Waals surface area contributed by atoms with Gasteiger partial charge in [-0.25, -0.2) is 9.78 Å². The molecule has 44 heavy (non-hydrogen) atoms. The first-order valence-electron chi connectivity index (χ1n) is 15.1. The van der Waals surface area contributed by atoms with E-state index in [1.807, 2.05) is 35.8 Å². The summed E-state index contributed by atoms with van der Waals surface area (Å²) in [5, 5.41) is 0. The Labute approximate surface area is 257 Å². The van der Waals surface area contributed by atoms with Crippen molar-refractivity contribution < 1.29 is 17.2 Å². The fourth-order valence-electron chi connectivity index (χ4n) is 5.37. The van der Waals surface area contributed by atoms with Gasteiger partial charge in [0.25, 0.3) is 5.56 Å². The largest absolute Gasteiger partial charge is 0.446 e. The van der Waals surface area contributed by atoms with Crippen LogP contribution in [-0.2, 0) is 42.9 Å². The summed E-state index contributed by atoms with van der Waals surface area (Å²) in [6.45, 7) is 9.75. The third-order valence-corrected chi connectivity index (χ3v) is 8.14. The average Bonchev–Trinajstić information content (AvgIpc) is 3.34. The standard InChI is InChI=1S/C31H42N6O6S/c1-4-18-37-30(38)28-29(36(31(37)39)19-8-7-9-23-10-14-25(32)15-11-23)33-27(35(28)21-20-34(5-2)6-3)22-24-12-16-26(17-13-24)43-44(40,41)42/h10-17H,4-9,18-22,32H2,1-3H3,(H,40,41,42). The van der Waals surface area contributed by atoms with Crippen molar-refractivity contribution in [2.24, 2.45) is 0 Å². The highest BCUT2D eigenvalue weighted by atomic mass is 32.3. The van der Waals surface area contributed by atoms with E-state index in [-0.39, 0.29) is 17.0 Å². The normalized spacial score (nSPS) is 11.9. The Kier molecular flexibility index (Phi) is 11.0. The van der Waals surface area contributed by atoms with Gasteiger partial charge in [-0.1, -0.05) is 45.0 Å². The fourth-order valence-corrected chi connectivity index (χ4v) is 5.72. The summed E-state index contributed by atoms with van der Waals surface area (Å²) in [6.07, 6.45) is 3.38. The second kappa shape index (κ2) is 14.7. The predicted octanol–water partition coefficient (Wildman–Crippen LogP) is 3.49. The Balaban J connectivity index is 1.74. The van der Waals surface area contributed by atoms with Gasteiger partial charge in [0, 0.05) is 38.3 Å². The molecule has 2 aromatic heterocycles. The Morgan fingerprint density at radius 3 is 2.14 bits per heavy atom. The molecule has 0 radical (unpaired) electrons. The summed E-state index contributed by atoms with van der Waals surface area (Å²) in [7, 11) is -4.64. The molecule has 4 rings (SSSR count). The van der Waals surface area contributed by atoms with E-state index in [0.29, 0.717) is 56.0 Å². The summed E-state index contributed by atoms with van der Waals surface area (Å²) in [5.74, 6) is 0.596. The Morgan fingerprint density at radius 2 is 1.52 bits per heavy atom. The van der Waals surface area contributed by atoms with Crippen LogP contribution in [0.3, 0.4) is 0 Å². The molecule has 0 unspecified atom stereocenters. The Bertz CT molecular complexity index is 1770. The molecule has 0 amide bonds. The van der Waals surface area contributed by atoms with Gasteiger partial charge in [-0.05, 0) is 74.2 Å². The number of aryl methyl sites for hydroxylation is 2. The first-order chi connectivity index (χ1) is 21.0. The number of nitrogens with two attached hydrogens (primary N) is 1. The Hall–Kier alpha value is -3.94. The minimum absolute atomic E-state index is 0.0263. The number of likely N-dealkylation sites (N-methyl/N-ethyl adjacent to an activating group) is 1. The van der Waals surface area contributed by atoms with E-state index in [9.17, 15) is 18.0 Å². The zero-order valence-electron chi connectivity index (χ0n) is 25.6. The highest BCUT2D eigenvalue weighted by Crippen LogP contribution is 2.20. The number of rotatable bonds is 16. The molecule has 12 nitrogen and oxygen atoms in total. The first kappa shape index (κ1) is 33.0. The highest BCUT2D eigenvalue weighted by molar-refractivity contribution is 7.81. The van der Waals surface area contributed by atoms with E-state index in [1.54, 1.807) is 16.7 Å². The van der Waals surface area contributed by atoms with Crippen LogP contribution in [0.1, 0.15) is 57.0 Å². The van der Waals surface area contributed by atoms with Crippen molar-refractivity contribution in [1.29, 1.82) is 0 Å². The van der Waals surface area contributed by atoms with Gasteiger partial charge in [0.1, 0.15) is 11.6 Å². The van der Waals surface area contributed by atoms with Crippen LogP contribution >= 0.6 is 0 Å². The van der Waals surface area contributed by atoms with Crippen molar-refractivity contribution in [3.63, 3.8) is 0 Å². The van der Waals surface area contributed by atoms with E-state index < -0.39 is 10.4 Å². The quantitative estimate of drug-likeness (QED) is 0.108. The summed E-state index contributed by atoms with van der Waals surface area (Å²) in [5.41, 5.74) is 8.57. The first-order valence-corrected chi connectivity index (χ1v) is 16.5. The predicted molar refractivity (Wildman–Crippen MR) is 172 cm³/mol. The van der Waals surface area contributed by atoms with Crippen molar-refractivity contribution in [3.05, 3.63) is 86.3 Å². The van der Waals surface area contributed by atoms with Crippen molar-refractivity contribution in [2.45, 2.75) is 72.5 Å². The van der Waals surface area contributed by atoms with Gasteiger partial charge in [-0.2, -0.15) is 8.42 Å². The number of imidazole rings is 1. The topological polar surface area (TPSA) is 155 Å². The maximum Gasteiger partial charge on any atom is 0.446 e. The number of aromatic nitrogens is 4. The van der Waals surface area contributed by atoms with Crippen molar-refractivity contribution in [3.8, 4) is 5.75 Å². The zero-order valence-corrected chi connectivity index (χ0v) is 26.4. The molecule has 0 spiro atoms. The van der Waals surface area contributed by atoms with Crippen molar-refractivity contribution in [1.82, 2.24) is 23.6 Å². The van der Waals surface area contributed by atoms with Gasteiger partial charge in [0.15, 0.2) is 11.2 Å². The number of nitrogens with zero attached hydrogens (tertiary/aromatic N) is 5. The maximum absolute atomic E-state index is 13.8. The molecule has 238 valence electrons. The fraction of sp³-hybridized carbons (Fsp3) is 0.452. The van der Waals surface area contributed by atoms with E-state index in [0.717, 1.165) is 43.6 Å². The van der Waals surface area contributed by atoms with Crippen LogP contribution in [0.5, 0.6) is 5.75 Å². The van der Waals surface area contributed by atoms with Crippen LogP contribution in [0.15, 0.2) is 58.1 Å². The van der Waals surface area contributed by atoms with E-state index in [2.05, 4.69) is 22.9 Å². The van der Waals surface area contributed by atoms with Crippen LogP contribution in [-0.4, -0.2) is 56.2 Å². The molecule has 0 saturated heterocycles. The molecule has 0 aliphatic heterocycles. The summed E-state index contributed by atoms with van der Waals surface area (Å²) in [4.78, 5) is 34.7. The molecular formula is C31H42N6O6S. The number of unbranched alkanes of at least 4 members (excludes halogenated alkanes) is 1. The number of nitrogen functional groups attached to an aromatic ring is 1. The van der Waals surface area contributed by atoms with E-state index in [4.69, 9.17) is 15.3 Å². The number of anilines is 1. The summed E-state index contributed by atoms with van der Waals surface area (Å²) in [6, 6.07) is 14.0. The monoisotopic (exact) mass is 626 g/mol. The molecule has 13 heteroatoms. The maximum atomic E-state index is 13.8. The molecule has 0 fully saturated rings. The van der Waals surface area contributed by atoms with Crippen LogP contribution in [0.25, 0.3) is 11.2 Å². The van der Waals surface area contributed by atoms with Gasteiger partial charge in [-0.3, -0.25) is 18.5 Å². The average molecular weight is 627 g/mol. The minimum atomic E-state index is -4.64. The molecule has 4 aromatic rings. The molecule has 0 aliphatic rings. The SMILES string of the molecule is CCCn1c(=O)c2c(nc(Cc3ccc(OS(=O)(=O)O)cc3)n2CCN(CC)CC)n(CCCCc2ccc(N)cc2)c1=O. The van der Waals surface area contributed by atoms with E-state index in [1.165, 1.54) is 22.3 Å². The van der Waals surface area contributed by atoms with Gasteiger partial charge < -0.3 is 19.4 Å². The zero-order chi connectivity index (χ0) is 31.9. The molecule has 3 N–H and O–H groups in total. The lowest BCUT2D eigenvalue weighted by molar-refractivity contribution is 0.290. The molecule has 0 saturated carbocycles. The minimum Gasteiger partial charge on any atom is -0.399 e. The summed E-state index contributed by atoms with van der Waals surface area (Å²) >= 11 is 0. The third-order valence-electron chi connectivity index (χ3n) is 7.74. The second-order valence-corrected chi connectivity index (χ2v) is 11.8.